The molecular weight excluding hydrogens is 261 g/mol. The molecule has 2 N–H and O–H groups in total. The standard InChI is InChI=1S/C10H12FN3.BrH/c1-7-2-3-8(6-9(7)11)14-10-12-4-5-13-10;/h2-3,6H,4-5H2,1H3,(H2,12,13,14);1H. The third-order valence-electron chi connectivity index (χ3n) is 2.11. The predicted molar refractivity (Wildman–Crippen MR) is 65.4 cm³/mol. The lowest BCUT2D eigenvalue weighted by Crippen LogP contribution is -2.26. The highest BCUT2D eigenvalue weighted by Crippen LogP contribution is 2.13. The molecule has 15 heavy (non-hydrogen) atoms. The Morgan fingerprint density at radius 3 is 2.87 bits per heavy atom. The molecule has 1 aromatic carbocycles. The van der Waals surface area contributed by atoms with Crippen LogP contribution in [0.1, 0.15) is 5.56 Å². The van der Waals surface area contributed by atoms with E-state index in [9.17, 15) is 4.39 Å². The Labute approximate surface area is 98.6 Å². The molecule has 0 aliphatic carbocycles. The molecule has 0 radical (unpaired) electrons. The fourth-order valence-electron chi connectivity index (χ4n) is 1.29. The number of aliphatic imine (C=N–C) groups is 1. The first-order valence-corrected chi connectivity index (χ1v) is 4.57. The number of hydrogen-bond acceptors (Lipinski definition) is 3. The summed E-state index contributed by atoms with van der Waals surface area (Å²) in [6.07, 6.45) is 0. The van der Waals surface area contributed by atoms with Crippen LogP contribution in [0.5, 0.6) is 0 Å². The van der Waals surface area contributed by atoms with Crippen LogP contribution < -0.4 is 10.6 Å². The average Bonchev–Trinajstić information content (AvgIpc) is 2.64. The van der Waals surface area contributed by atoms with Crippen LogP contribution in [0.25, 0.3) is 0 Å². The second kappa shape index (κ2) is 5.11. The Balaban J connectivity index is 0.00000112. The molecule has 0 unspecified atom stereocenters. The van der Waals surface area contributed by atoms with Gasteiger partial charge in [-0.15, -0.1) is 17.0 Å². The van der Waals surface area contributed by atoms with Gasteiger partial charge in [-0.05, 0) is 24.6 Å². The highest BCUT2D eigenvalue weighted by Gasteiger charge is 2.05. The molecule has 1 aliphatic heterocycles. The third kappa shape index (κ3) is 2.92. The lowest BCUT2D eigenvalue weighted by molar-refractivity contribution is 0.619. The fourth-order valence-corrected chi connectivity index (χ4v) is 1.29. The summed E-state index contributed by atoms with van der Waals surface area (Å²) >= 11 is 0. The SMILES string of the molecule is Br.Cc1ccc(NC2=NCCN2)cc1F. The van der Waals surface area contributed by atoms with E-state index in [1.54, 1.807) is 13.0 Å². The monoisotopic (exact) mass is 273 g/mol. The number of guanidine groups is 1. The van der Waals surface area contributed by atoms with Gasteiger partial charge in [0, 0.05) is 12.2 Å². The van der Waals surface area contributed by atoms with Crippen molar-refractivity contribution in [2.75, 3.05) is 18.4 Å². The highest BCUT2D eigenvalue weighted by atomic mass is 79.9. The van der Waals surface area contributed by atoms with E-state index in [0.29, 0.717) is 11.5 Å². The van der Waals surface area contributed by atoms with Crippen molar-refractivity contribution in [3.05, 3.63) is 29.6 Å². The molecular formula is C10H13BrFN3. The van der Waals surface area contributed by atoms with E-state index in [0.717, 1.165) is 18.8 Å². The summed E-state index contributed by atoms with van der Waals surface area (Å²) < 4.78 is 13.2. The molecule has 0 atom stereocenters. The number of nitrogens with zero attached hydrogens (tertiary/aromatic N) is 1. The highest BCUT2D eigenvalue weighted by molar-refractivity contribution is 8.93. The van der Waals surface area contributed by atoms with Gasteiger partial charge in [-0.25, -0.2) is 4.39 Å². The van der Waals surface area contributed by atoms with Gasteiger partial charge in [0.1, 0.15) is 5.82 Å². The predicted octanol–water partition coefficient (Wildman–Crippen LogP) is 2.08. The molecule has 3 nitrogen and oxygen atoms in total. The summed E-state index contributed by atoms with van der Waals surface area (Å²) in [6.45, 7) is 3.36. The van der Waals surface area contributed by atoms with Crippen LogP contribution >= 0.6 is 17.0 Å². The quantitative estimate of drug-likeness (QED) is 0.822. The van der Waals surface area contributed by atoms with Crippen molar-refractivity contribution < 1.29 is 4.39 Å². The minimum absolute atomic E-state index is 0. The van der Waals surface area contributed by atoms with Crippen molar-refractivity contribution in [2.24, 2.45) is 4.99 Å². The summed E-state index contributed by atoms with van der Waals surface area (Å²) in [5.41, 5.74) is 1.37. The number of aryl methyl sites for hydroxylation is 1. The van der Waals surface area contributed by atoms with Crippen molar-refractivity contribution in [3.63, 3.8) is 0 Å². The second-order valence-corrected chi connectivity index (χ2v) is 3.25. The van der Waals surface area contributed by atoms with Gasteiger partial charge in [0.25, 0.3) is 0 Å². The number of nitrogens with one attached hydrogen (secondary N) is 2. The first kappa shape index (κ1) is 12.0. The van der Waals surface area contributed by atoms with Gasteiger partial charge < -0.3 is 10.6 Å². The molecule has 2 rings (SSSR count). The van der Waals surface area contributed by atoms with Gasteiger partial charge in [-0.1, -0.05) is 6.07 Å². The summed E-state index contributed by atoms with van der Waals surface area (Å²) in [6, 6.07) is 5.05. The van der Waals surface area contributed by atoms with Crippen molar-refractivity contribution in [1.29, 1.82) is 0 Å². The summed E-state index contributed by atoms with van der Waals surface area (Å²) in [7, 11) is 0. The van der Waals surface area contributed by atoms with Crippen LogP contribution in [0.4, 0.5) is 10.1 Å². The molecule has 1 heterocycles. The van der Waals surface area contributed by atoms with Crippen LogP contribution in [0.15, 0.2) is 23.2 Å². The zero-order chi connectivity index (χ0) is 9.97. The maximum Gasteiger partial charge on any atom is 0.195 e. The van der Waals surface area contributed by atoms with E-state index < -0.39 is 0 Å². The topological polar surface area (TPSA) is 36.4 Å². The van der Waals surface area contributed by atoms with Gasteiger partial charge >= 0.3 is 0 Å². The molecule has 0 fully saturated rings. The van der Waals surface area contributed by atoms with Crippen LogP contribution in [-0.4, -0.2) is 19.0 Å². The number of anilines is 1. The van der Waals surface area contributed by atoms with Gasteiger partial charge in [0.05, 0.1) is 6.54 Å². The molecule has 0 saturated carbocycles. The fraction of sp³-hybridized carbons (Fsp3) is 0.300. The Bertz CT molecular complexity index is 379. The molecule has 0 aromatic heterocycles. The number of benzene rings is 1. The number of rotatable bonds is 1. The Morgan fingerprint density at radius 1 is 1.47 bits per heavy atom. The van der Waals surface area contributed by atoms with Gasteiger partial charge in [0.2, 0.25) is 0 Å². The van der Waals surface area contributed by atoms with Gasteiger partial charge in [-0.3, -0.25) is 4.99 Å². The van der Waals surface area contributed by atoms with E-state index >= 15 is 0 Å². The Hall–Kier alpha value is -1.10. The smallest absolute Gasteiger partial charge is 0.195 e. The van der Waals surface area contributed by atoms with E-state index in [4.69, 9.17) is 0 Å². The summed E-state index contributed by atoms with van der Waals surface area (Å²) in [5.74, 6) is 0.516. The molecule has 0 spiro atoms. The molecule has 0 amide bonds. The summed E-state index contributed by atoms with van der Waals surface area (Å²) in [5, 5.41) is 6.06. The van der Waals surface area contributed by atoms with Crippen LogP contribution in [0.2, 0.25) is 0 Å². The normalized spacial score (nSPS) is 13.9. The molecule has 0 saturated heterocycles. The molecule has 82 valence electrons. The van der Waals surface area contributed by atoms with Crippen molar-refractivity contribution in [1.82, 2.24) is 5.32 Å². The zero-order valence-corrected chi connectivity index (χ0v) is 10.1. The largest absolute Gasteiger partial charge is 0.354 e. The zero-order valence-electron chi connectivity index (χ0n) is 8.38. The molecule has 0 bridgehead atoms. The average molecular weight is 274 g/mol. The van der Waals surface area contributed by atoms with Crippen LogP contribution in [0.3, 0.4) is 0 Å². The van der Waals surface area contributed by atoms with Gasteiger partial charge in [0.15, 0.2) is 5.96 Å². The molecule has 1 aromatic rings. The van der Waals surface area contributed by atoms with Crippen LogP contribution in [0, 0.1) is 12.7 Å². The minimum atomic E-state index is -0.200. The lowest BCUT2D eigenvalue weighted by atomic mass is 10.2. The van der Waals surface area contributed by atoms with Crippen molar-refractivity contribution in [3.8, 4) is 0 Å². The maximum absolute atomic E-state index is 13.2. The minimum Gasteiger partial charge on any atom is -0.354 e. The second-order valence-electron chi connectivity index (χ2n) is 3.25. The Morgan fingerprint density at radius 2 is 2.27 bits per heavy atom. The summed E-state index contributed by atoms with van der Waals surface area (Å²) in [4.78, 5) is 4.16. The molecule has 1 aliphatic rings. The van der Waals surface area contributed by atoms with E-state index in [2.05, 4.69) is 15.6 Å². The van der Waals surface area contributed by atoms with E-state index in [1.807, 2.05) is 6.07 Å². The van der Waals surface area contributed by atoms with Crippen molar-refractivity contribution in [2.45, 2.75) is 6.92 Å². The number of halogens is 2. The van der Waals surface area contributed by atoms with Crippen molar-refractivity contribution >= 4 is 28.6 Å². The third-order valence-corrected chi connectivity index (χ3v) is 2.11. The van der Waals surface area contributed by atoms with E-state index in [-0.39, 0.29) is 22.8 Å². The van der Waals surface area contributed by atoms with Crippen LogP contribution in [-0.2, 0) is 0 Å². The Kier molecular flexibility index (Phi) is 4.08. The first-order valence-electron chi connectivity index (χ1n) is 4.57. The lowest BCUT2D eigenvalue weighted by Gasteiger charge is -2.06. The van der Waals surface area contributed by atoms with E-state index in [1.165, 1.54) is 6.07 Å². The maximum atomic E-state index is 13.2. The first-order chi connectivity index (χ1) is 6.75. The number of hydrogen-bond donors (Lipinski definition) is 2. The van der Waals surface area contributed by atoms with Gasteiger partial charge in [-0.2, -0.15) is 0 Å². The molecule has 5 heteroatoms.